The monoisotopic (exact) mass is 367 g/mol. The molecular formula is C21H25N3O3. The molecule has 3 rings (SSSR count). The van der Waals surface area contributed by atoms with Crippen LogP contribution in [-0.4, -0.2) is 49.6 Å². The van der Waals surface area contributed by atoms with E-state index in [2.05, 4.69) is 27.7 Å². The topological polar surface area (TPSA) is 70.7 Å². The van der Waals surface area contributed by atoms with Crippen LogP contribution in [0.2, 0.25) is 0 Å². The lowest BCUT2D eigenvalue weighted by Crippen LogP contribution is -2.43. The lowest BCUT2D eigenvalue weighted by Gasteiger charge is -2.35. The number of ether oxygens (including phenoxy) is 1. The van der Waals surface area contributed by atoms with Crippen molar-refractivity contribution in [3.05, 3.63) is 65.7 Å². The Kier molecular flexibility index (Phi) is 6.57. The van der Waals surface area contributed by atoms with Crippen LogP contribution in [0, 0.1) is 0 Å². The van der Waals surface area contributed by atoms with E-state index in [1.165, 1.54) is 12.5 Å². The van der Waals surface area contributed by atoms with Gasteiger partial charge in [0, 0.05) is 37.8 Å². The highest BCUT2D eigenvalue weighted by atomic mass is 16.5. The van der Waals surface area contributed by atoms with Gasteiger partial charge in [0.05, 0.1) is 19.3 Å². The summed E-state index contributed by atoms with van der Waals surface area (Å²) >= 11 is 0. The molecule has 142 valence electrons. The number of hydrogen-bond acceptors (Lipinski definition) is 4. The second-order valence-electron chi connectivity index (χ2n) is 6.54. The molecule has 2 aromatic rings. The Morgan fingerprint density at radius 2 is 1.70 bits per heavy atom. The molecule has 1 unspecified atom stereocenters. The molecule has 2 N–H and O–H groups in total. The minimum absolute atomic E-state index is 0.109. The molecule has 1 aliphatic rings. The van der Waals surface area contributed by atoms with E-state index >= 15 is 0 Å². The van der Waals surface area contributed by atoms with E-state index in [1.807, 2.05) is 18.2 Å². The van der Waals surface area contributed by atoms with E-state index in [1.54, 1.807) is 24.3 Å². The van der Waals surface area contributed by atoms with Crippen LogP contribution in [0.3, 0.4) is 0 Å². The second-order valence-corrected chi connectivity index (χ2v) is 6.54. The van der Waals surface area contributed by atoms with Crippen molar-refractivity contribution in [3.63, 3.8) is 0 Å². The number of anilines is 1. The largest absolute Gasteiger partial charge is 0.379 e. The maximum absolute atomic E-state index is 12.6. The molecule has 0 aliphatic carbocycles. The summed E-state index contributed by atoms with van der Waals surface area (Å²) < 4.78 is 5.46. The van der Waals surface area contributed by atoms with Gasteiger partial charge >= 0.3 is 0 Å². The summed E-state index contributed by atoms with van der Waals surface area (Å²) in [5.74, 6) is -0.262. The first-order valence-corrected chi connectivity index (χ1v) is 9.16. The third-order valence-electron chi connectivity index (χ3n) is 4.59. The van der Waals surface area contributed by atoms with Crippen LogP contribution in [0.25, 0.3) is 0 Å². The van der Waals surface area contributed by atoms with Crippen LogP contribution in [-0.2, 0) is 9.53 Å². The highest BCUT2D eigenvalue weighted by Gasteiger charge is 2.23. The Balaban J connectivity index is 1.65. The van der Waals surface area contributed by atoms with E-state index in [0.29, 0.717) is 31.0 Å². The van der Waals surface area contributed by atoms with Crippen molar-refractivity contribution < 1.29 is 14.3 Å². The van der Waals surface area contributed by atoms with Crippen molar-refractivity contribution in [2.24, 2.45) is 0 Å². The Labute approximate surface area is 159 Å². The van der Waals surface area contributed by atoms with Crippen molar-refractivity contribution in [2.75, 3.05) is 38.2 Å². The van der Waals surface area contributed by atoms with Crippen molar-refractivity contribution >= 4 is 17.5 Å². The molecule has 6 heteroatoms. The van der Waals surface area contributed by atoms with Crippen LogP contribution >= 0.6 is 0 Å². The number of benzene rings is 2. The van der Waals surface area contributed by atoms with Crippen molar-refractivity contribution in [1.29, 1.82) is 0 Å². The van der Waals surface area contributed by atoms with Gasteiger partial charge in [0.1, 0.15) is 0 Å². The van der Waals surface area contributed by atoms with Gasteiger partial charge in [0.15, 0.2) is 0 Å². The Morgan fingerprint density at radius 3 is 2.33 bits per heavy atom. The van der Waals surface area contributed by atoms with E-state index in [0.717, 1.165) is 13.1 Å². The standard InChI is InChI=1S/C21H25N3O3/c1-16(25)23-19-9-7-18(8-10-19)21(26)22-15-20(17-5-3-2-4-6-17)24-11-13-27-14-12-24/h2-10,20H,11-15H2,1H3,(H,22,26)(H,23,25). The molecule has 2 amide bonds. The number of carbonyl (C=O) groups is 2. The van der Waals surface area contributed by atoms with Crippen LogP contribution in [0.5, 0.6) is 0 Å². The maximum atomic E-state index is 12.6. The molecule has 1 heterocycles. The van der Waals surface area contributed by atoms with Gasteiger partial charge in [-0.2, -0.15) is 0 Å². The quantitative estimate of drug-likeness (QED) is 0.823. The fraction of sp³-hybridized carbons (Fsp3) is 0.333. The van der Waals surface area contributed by atoms with Gasteiger partial charge < -0.3 is 15.4 Å². The first-order chi connectivity index (χ1) is 13.1. The van der Waals surface area contributed by atoms with Crippen LogP contribution in [0.4, 0.5) is 5.69 Å². The highest BCUT2D eigenvalue weighted by Crippen LogP contribution is 2.21. The molecule has 1 atom stereocenters. The summed E-state index contributed by atoms with van der Waals surface area (Å²) in [6, 6.07) is 17.2. The van der Waals surface area contributed by atoms with E-state index in [4.69, 9.17) is 4.74 Å². The molecule has 1 fully saturated rings. The van der Waals surface area contributed by atoms with Gasteiger partial charge in [-0.15, -0.1) is 0 Å². The Morgan fingerprint density at radius 1 is 1.04 bits per heavy atom. The fourth-order valence-electron chi connectivity index (χ4n) is 3.22. The zero-order valence-electron chi connectivity index (χ0n) is 15.5. The maximum Gasteiger partial charge on any atom is 0.251 e. The molecule has 0 aromatic heterocycles. The minimum Gasteiger partial charge on any atom is -0.379 e. The lowest BCUT2D eigenvalue weighted by atomic mass is 10.0. The normalized spacial score (nSPS) is 15.7. The number of amides is 2. The summed E-state index contributed by atoms with van der Waals surface area (Å²) in [5.41, 5.74) is 2.42. The Hall–Kier alpha value is -2.70. The predicted octanol–water partition coefficient (Wildman–Crippen LogP) is 2.45. The number of morpholine rings is 1. The Bertz CT molecular complexity index is 756. The molecule has 27 heavy (non-hydrogen) atoms. The summed E-state index contributed by atoms with van der Waals surface area (Å²) in [5, 5.41) is 5.74. The molecule has 0 spiro atoms. The van der Waals surface area contributed by atoms with Crippen molar-refractivity contribution in [2.45, 2.75) is 13.0 Å². The second kappa shape index (κ2) is 9.30. The van der Waals surface area contributed by atoms with E-state index < -0.39 is 0 Å². The fourth-order valence-corrected chi connectivity index (χ4v) is 3.22. The summed E-state index contributed by atoms with van der Waals surface area (Å²) in [7, 11) is 0. The SMILES string of the molecule is CC(=O)Nc1ccc(C(=O)NCC(c2ccccc2)N2CCOCC2)cc1. The third kappa shape index (κ3) is 5.39. The average molecular weight is 367 g/mol. The van der Waals surface area contributed by atoms with Gasteiger partial charge in [0.2, 0.25) is 5.91 Å². The molecule has 6 nitrogen and oxygen atoms in total. The van der Waals surface area contributed by atoms with Gasteiger partial charge in [0.25, 0.3) is 5.91 Å². The molecule has 0 bridgehead atoms. The number of hydrogen-bond donors (Lipinski definition) is 2. The van der Waals surface area contributed by atoms with Crippen LogP contribution < -0.4 is 10.6 Å². The van der Waals surface area contributed by atoms with Gasteiger partial charge in [-0.05, 0) is 29.8 Å². The summed E-state index contributed by atoms with van der Waals surface area (Å²) in [6.45, 7) is 5.09. The lowest BCUT2D eigenvalue weighted by molar-refractivity contribution is -0.114. The van der Waals surface area contributed by atoms with Crippen molar-refractivity contribution in [1.82, 2.24) is 10.2 Å². The number of nitrogens with one attached hydrogen (secondary N) is 2. The molecule has 1 saturated heterocycles. The molecular weight excluding hydrogens is 342 g/mol. The summed E-state index contributed by atoms with van der Waals surface area (Å²) in [6.07, 6.45) is 0. The average Bonchev–Trinajstić information content (AvgIpc) is 2.70. The summed E-state index contributed by atoms with van der Waals surface area (Å²) in [4.78, 5) is 26.0. The molecule has 0 saturated carbocycles. The number of nitrogens with zero attached hydrogens (tertiary/aromatic N) is 1. The molecule has 1 aliphatic heterocycles. The van der Waals surface area contributed by atoms with Gasteiger partial charge in [-0.25, -0.2) is 0 Å². The number of carbonyl (C=O) groups excluding carboxylic acids is 2. The number of rotatable bonds is 6. The first kappa shape index (κ1) is 19.1. The highest BCUT2D eigenvalue weighted by molar-refractivity contribution is 5.95. The first-order valence-electron chi connectivity index (χ1n) is 9.16. The van der Waals surface area contributed by atoms with Crippen molar-refractivity contribution in [3.8, 4) is 0 Å². The third-order valence-corrected chi connectivity index (χ3v) is 4.59. The van der Waals surface area contributed by atoms with E-state index in [9.17, 15) is 9.59 Å². The zero-order chi connectivity index (χ0) is 19.1. The van der Waals surface area contributed by atoms with Crippen LogP contribution in [0.15, 0.2) is 54.6 Å². The van der Waals surface area contributed by atoms with Gasteiger partial charge in [-0.1, -0.05) is 30.3 Å². The van der Waals surface area contributed by atoms with E-state index in [-0.39, 0.29) is 17.9 Å². The smallest absolute Gasteiger partial charge is 0.251 e. The van der Waals surface area contributed by atoms with Gasteiger partial charge in [-0.3, -0.25) is 14.5 Å². The molecule has 2 aromatic carbocycles. The zero-order valence-corrected chi connectivity index (χ0v) is 15.5. The molecule has 0 radical (unpaired) electrons. The predicted molar refractivity (Wildman–Crippen MR) is 105 cm³/mol. The minimum atomic E-state index is -0.136. The van der Waals surface area contributed by atoms with Crippen LogP contribution in [0.1, 0.15) is 28.9 Å².